The van der Waals surface area contributed by atoms with Crippen LogP contribution in [0.2, 0.25) is 0 Å². The van der Waals surface area contributed by atoms with Gasteiger partial charge in [0.1, 0.15) is 5.75 Å². The predicted octanol–water partition coefficient (Wildman–Crippen LogP) is 13.9. The van der Waals surface area contributed by atoms with E-state index in [4.69, 9.17) is 34.6 Å². The molecule has 0 spiro atoms. The highest BCUT2D eigenvalue weighted by Gasteiger charge is 2.38. The standard InChI is InChI=1S/C64H38N10O/c1-64(49-11-3-2-4-12-49)54-14-6-5-13-50(54)51-28-25-44(36-57(51)75-64)53-34-47(26-29-52(53)63-73-58(42-19-15-39(37-65)16-20-42)69-59(74-63)43-21-17-40(38-66)18-22-43)61-70-60(46-27-30-55-45(33-46)10-8-31-67-55)71-62(72-61)48-24-23-41-9-7-32-68-56(41)35-48/h2-36H,1H3. The Labute approximate surface area is 430 Å². The molecule has 0 radical (unpaired) electrons. The van der Waals surface area contributed by atoms with Gasteiger partial charge in [-0.1, -0.05) is 97.1 Å². The molecule has 0 amide bonds. The van der Waals surface area contributed by atoms with Crippen molar-refractivity contribution >= 4 is 21.8 Å². The van der Waals surface area contributed by atoms with Gasteiger partial charge in [-0.05, 0) is 132 Å². The molecule has 0 saturated carbocycles. The van der Waals surface area contributed by atoms with Crippen LogP contribution < -0.4 is 4.74 Å². The molecule has 0 bridgehead atoms. The van der Waals surface area contributed by atoms with Crippen molar-refractivity contribution in [2.75, 3.05) is 0 Å². The lowest BCUT2D eigenvalue weighted by molar-refractivity contribution is 0.129. The van der Waals surface area contributed by atoms with Gasteiger partial charge < -0.3 is 4.74 Å². The van der Waals surface area contributed by atoms with Crippen LogP contribution in [0.4, 0.5) is 0 Å². The maximum atomic E-state index is 9.66. The minimum absolute atomic E-state index is 0.397. The van der Waals surface area contributed by atoms with Crippen LogP contribution in [0.15, 0.2) is 213 Å². The average molecular weight is 963 g/mol. The molecule has 8 aromatic carbocycles. The minimum Gasteiger partial charge on any atom is -0.477 e. The van der Waals surface area contributed by atoms with Crippen molar-refractivity contribution in [1.82, 2.24) is 39.9 Å². The van der Waals surface area contributed by atoms with E-state index in [0.29, 0.717) is 74.1 Å². The molecule has 1 atom stereocenters. The molecule has 0 N–H and O–H groups in total. The van der Waals surface area contributed by atoms with Crippen molar-refractivity contribution in [3.8, 4) is 108 Å². The van der Waals surface area contributed by atoms with E-state index in [-0.39, 0.29) is 0 Å². The SMILES string of the molecule is CC1(c2ccccc2)Oc2cc(-c3cc(-c4nc(-c5ccc6ncccc6c5)nc(-c5ccc6cccnc6c5)n4)ccc3-c3nc(-c4ccc(C#N)cc4)nc(-c4ccc(C#N)cc4)n3)ccc2-c2ccccc21. The predicted molar refractivity (Wildman–Crippen MR) is 290 cm³/mol. The second-order valence-electron chi connectivity index (χ2n) is 18.3. The number of hydrogen-bond acceptors (Lipinski definition) is 11. The maximum absolute atomic E-state index is 9.66. The molecule has 5 heterocycles. The van der Waals surface area contributed by atoms with Crippen LogP contribution in [0.1, 0.15) is 29.2 Å². The van der Waals surface area contributed by atoms with Gasteiger partial charge in [0.25, 0.3) is 0 Å². The van der Waals surface area contributed by atoms with Crippen LogP contribution in [-0.2, 0) is 5.60 Å². The lowest BCUT2D eigenvalue weighted by atomic mass is 9.80. The van der Waals surface area contributed by atoms with Gasteiger partial charge in [-0.3, -0.25) is 9.97 Å². The highest BCUT2D eigenvalue weighted by atomic mass is 16.5. The van der Waals surface area contributed by atoms with Crippen LogP contribution in [0.5, 0.6) is 5.75 Å². The van der Waals surface area contributed by atoms with Crippen molar-refractivity contribution < 1.29 is 4.74 Å². The van der Waals surface area contributed by atoms with Gasteiger partial charge in [-0.25, -0.2) is 29.9 Å². The first-order chi connectivity index (χ1) is 36.9. The van der Waals surface area contributed by atoms with Crippen LogP contribution >= 0.6 is 0 Å². The first kappa shape index (κ1) is 44.3. The Hall–Kier alpha value is -10.6. The zero-order valence-electron chi connectivity index (χ0n) is 40.1. The van der Waals surface area contributed by atoms with E-state index >= 15 is 0 Å². The van der Waals surface area contributed by atoms with Gasteiger partial charge in [0.05, 0.1) is 34.3 Å². The van der Waals surface area contributed by atoms with Gasteiger partial charge in [0.2, 0.25) is 0 Å². The fourth-order valence-corrected chi connectivity index (χ4v) is 9.82. The van der Waals surface area contributed by atoms with Crippen molar-refractivity contribution in [1.29, 1.82) is 10.5 Å². The summed E-state index contributed by atoms with van der Waals surface area (Å²) in [6.07, 6.45) is 3.56. The maximum Gasteiger partial charge on any atom is 0.164 e. The number of hydrogen-bond donors (Lipinski definition) is 0. The van der Waals surface area contributed by atoms with Crippen LogP contribution in [0, 0.1) is 22.7 Å². The average Bonchev–Trinajstić information content (AvgIpc) is 3.51. The molecule has 12 aromatic rings. The third-order valence-corrected chi connectivity index (χ3v) is 13.7. The molecule has 0 aliphatic carbocycles. The molecule has 350 valence electrons. The van der Waals surface area contributed by atoms with E-state index in [9.17, 15) is 10.5 Å². The summed E-state index contributed by atoms with van der Waals surface area (Å²) in [6, 6.07) is 69.8. The second kappa shape index (κ2) is 18.2. The summed E-state index contributed by atoms with van der Waals surface area (Å²) in [5.74, 6) is 3.34. The minimum atomic E-state index is -0.802. The van der Waals surface area contributed by atoms with Gasteiger partial charge in [0, 0.05) is 67.7 Å². The molecule has 75 heavy (non-hydrogen) atoms. The van der Waals surface area contributed by atoms with E-state index in [1.165, 1.54) is 0 Å². The Kier molecular flexibility index (Phi) is 10.8. The second-order valence-corrected chi connectivity index (χ2v) is 18.3. The van der Waals surface area contributed by atoms with Crippen LogP contribution in [0.3, 0.4) is 0 Å². The van der Waals surface area contributed by atoms with E-state index in [2.05, 4.69) is 89.7 Å². The molecular weight excluding hydrogens is 925 g/mol. The highest BCUT2D eigenvalue weighted by Crippen LogP contribution is 2.50. The summed E-state index contributed by atoms with van der Waals surface area (Å²) in [4.78, 5) is 40.1. The largest absolute Gasteiger partial charge is 0.477 e. The molecular formula is C64H38N10O. The summed E-state index contributed by atoms with van der Waals surface area (Å²) < 4.78 is 7.21. The molecule has 0 saturated heterocycles. The normalized spacial score (nSPS) is 13.5. The van der Waals surface area contributed by atoms with E-state index in [1.807, 2.05) is 115 Å². The van der Waals surface area contributed by atoms with E-state index in [0.717, 1.165) is 66.3 Å². The quantitative estimate of drug-likeness (QED) is 0.143. The molecule has 1 aliphatic heterocycles. The summed E-state index contributed by atoms with van der Waals surface area (Å²) in [7, 11) is 0. The summed E-state index contributed by atoms with van der Waals surface area (Å²) >= 11 is 0. The number of nitrogens with zero attached hydrogens (tertiary/aromatic N) is 10. The first-order valence-corrected chi connectivity index (χ1v) is 24.2. The van der Waals surface area contributed by atoms with Gasteiger partial charge >= 0.3 is 0 Å². The zero-order valence-corrected chi connectivity index (χ0v) is 40.1. The Balaban J connectivity index is 1.04. The zero-order chi connectivity index (χ0) is 50.5. The molecule has 0 fully saturated rings. The molecule has 11 heteroatoms. The molecule has 1 unspecified atom stereocenters. The molecule has 13 rings (SSSR count). The summed E-state index contributed by atoms with van der Waals surface area (Å²) in [5, 5.41) is 21.3. The van der Waals surface area contributed by atoms with Crippen molar-refractivity contribution in [2.24, 2.45) is 0 Å². The number of ether oxygens (including phenoxy) is 1. The first-order valence-electron chi connectivity index (χ1n) is 24.2. The molecule has 1 aliphatic rings. The van der Waals surface area contributed by atoms with Gasteiger partial charge in [-0.2, -0.15) is 10.5 Å². The number of rotatable bonds is 8. The van der Waals surface area contributed by atoms with E-state index < -0.39 is 5.60 Å². The smallest absolute Gasteiger partial charge is 0.164 e. The molecule has 4 aromatic heterocycles. The number of nitriles is 2. The number of benzene rings is 8. The monoisotopic (exact) mass is 962 g/mol. The van der Waals surface area contributed by atoms with E-state index in [1.54, 1.807) is 36.7 Å². The van der Waals surface area contributed by atoms with Crippen LogP contribution in [-0.4, -0.2) is 39.9 Å². The van der Waals surface area contributed by atoms with Crippen molar-refractivity contribution in [3.63, 3.8) is 0 Å². The fourth-order valence-electron chi connectivity index (χ4n) is 9.82. The Morgan fingerprint density at radius 1 is 0.373 bits per heavy atom. The van der Waals surface area contributed by atoms with Crippen molar-refractivity contribution in [2.45, 2.75) is 12.5 Å². The third-order valence-electron chi connectivity index (χ3n) is 13.7. The molecule has 11 nitrogen and oxygen atoms in total. The van der Waals surface area contributed by atoms with Crippen molar-refractivity contribution in [3.05, 3.63) is 235 Å². The Morgan fingerprint density at radius 2 is 0.893 bits per heavy atom. The Bertz CT molecular complexity index is 4150. The van der Waals surface area contributed by atoms with Crippen LogP contribution in [0.25, 0.3) is 112 Å². The third kappa shape index (κ3) is 8.13. The Morgan fingerprint density at radius 3 is 1.57 bits per heavy atom. The summed E-state index contributed by atoms with van der Waals surface area (Å²) in [5.41, 5.74) is 12.1. The number of fused-ring (bicyclic) bond motifs is 5. The number of aromatic nitrogens is 8. The highest BCUT2D eigenvalue weighted by molar-refractivity contribution is 5.90. The lowest BCUT2D eigenvalue weighted by Gasteiger charge is -2.38. The lowest BCUT2D eigenvalue weighted by Crippen LogP contribution is -2.34. The van der Waals surface area contributed by atoms with Gasteiger partial charge in [-0.15, -0.1) is 0 Å². The summed E-state index contributed by atoms with van der Waals surface area (Å²) in [6.45, 7) is 2.12. The van der Waals surface area contributed by atoms with Gasteiger partial charge in [0.15, 0.2) is 40.5 Å². The fraction of sp³-hybridized carbons (Fsp3) is 0.0312. The topological polar surface area (TPSA) is 160 Å². The number of pyridine rings is 2.